The molecule has 3 rings (SSSR count). The third kappa shape index (κ3) is 4.14. The number of carbonyl (C=O) groups excluding carboxylic acids is 2. The molecule has 0 bridgehead atoms. The molecule has 29 heavy (non-hydrogen) atoms. The Kier molecular flexibility index (Phi) is 5.69. The molecule has 146 valence electrons. The van der Waals surface area contributed by atoms with E-state index < -0.39 is 5.97 Å². The van der Waals surface area contributed by atoms with E-state index in [-0.39, 0.29) is 11.6 Å². The second-order valence-corrected chi connectivity index (χ2v) is 7.01. The van der Waals surface area contributed by atoms with E-state index in [0.29, 0.717) is 34.4 Å². The van der Waals surface area contributed by atoms with Gasteiger partial charge in [-0.25, -0.2) is 4.79 Å². The fourth-order valence-electron chi connectivity index (χ4n) is 3.32. The Morgan fingerprint density at radius 3 is 2.28 bits per heavy atom. The van der Waals surface area contributed by atoms with E-state index in [0.717, 1.165) is 22.8 Å². The highest BCUT2D eigenvalue weighted by atomic mass is 16.4. The lowest BCUT2D eigenvalue weighted by molar-refractivity contribution is -0.131. The van der Waals surface area contributed by atoms with Gasteiger partial charge in [0.05, 0.1) is 11.3 Å². The number of pyridine rings is 1. The fraction of sp³-hybridized carbons (Fsp3) is 0.167. The number of nitrogens with zero attached hydrogens (tertiary/aromatic N) is 1. The van der Waals surface area contributed by atoms with Gasteiger partial charge in [0, 0.05) is 29.0 Å². The first-order valence-corrected chi connectivity index (χ1v) is 9.21. The first kappa shape index (κ1) is 20.1. The summed E-state index contributed by atoms with van der Waals surface area (Å²) >= 11 is 0. The second-order valence-electron chi connectivity index (χ2n) is 7.01. The summed E-state index contributed by atoms with van der Waals surface area (Å²) in [6.45, 7) is 5.02. The first-order chi connectivity index (χ1) is 13.8. The maximum absolute atomic E-state index is 12.9. The zero-order valence-corrected chi connectivity index (χ0v) is 16.5. The Labute approximate surface area is 169 Å². The standard InChI is InChI=1S/C24H21NO4/c1-14-15(2)24(29)21(16(3)23(14)28)22-19(5-4-12-25-22)13-18-8-6-17(7-9-18)10-11-20(26)27/h4-12H,13H2,1-3H3,(H,26,27). The fourth-order valence-corrected chi connectivity index (χ4v) is 3.32. The maximum atomic E-state index is 12.9. The molecular formula is C24H21NO4. The molecule has 1 aromatic carbocycles. The number of carbonyl (C=O) groups is 3. The molecule has 1 aliphatic rings. The van der Waals surface area contributed by atoms with Crippen LogP contribution in [-0.4, -0.2) is 27.6 Å². The van der Waals surface area contributed by atoms with Crippen LogP contribution < -0.4 is 0 Å². The summed E-state index contributed by atoms with van der Waals surface area (Å²) in [5.74, 6) is -1.28. The van der Waals surface area contributed by atoms with Crippen molar-refractivity contribution in [3.8, 4) is 0 Å². The van der Waals surface area contributed by atoms with Gasteiger partial charge in [-0.1, -0.05) is 30.3 Å². The summed E-state index contributed by atoms with van der Waals surface area (Å²) in [5.41, 5.74) is 4.89. The third-order valence-corrected chi connectivity index (χ3v) is 5.11. The normalized spacial score (nSPS) is 14.9. The Bertz CT molecular complexity index is 1100. The van der Waals surface area contributed by atoms with Crippen molar-refractivity contribution in [3.05, 3.63) is 87.8 Å². The topological polar surface area (TPSA) is 84.3 Å². The number of hydrogen-bond donors (Lipinski definition) is 1. The van der Waals surface area contributed by atoms with E-state index in [9.17, 15) is 14.4 Å². The number of carboxylic acids is 1. The average Bonchev–Trinajstić information content (AvgIpc) is 2.71. The molecule has 5 nitrogen and oxygen atoms in total. The number of carboxylic acid groups (broad SMARTS) is 1. The molecule has 0 fully saturated rings. The highest BCUT2D eigenvalue weighted by molar-refractivity contribution is 6.38. The van der Waals surface area contributed by atoms with Gasteiger partial charge in [-0.15, -0.1) is 0 Å². The van der Waals surface area contributed by atoms with Crippen LogP contribution in [0.4, 0.5) is 0 Å². The predicted molar refractivity (Wildman–Crippen MR) is 111 cm³/mol. The molecule has 1 heterocycles. The zero-order valence-electron chi connectivity index (χ0n) is 16.5. The van der Waals surface area contributed by atoms with Crippen molar-refractivity contribution in [2.24, 2.45) is 0 Å². The molecule has 0 saturated carbocycles. The minimum Gasteiger partial charge on any atom is -0.478 e. The van der Waals surface area contributed by atoms with Crippen molar-refractivity contribution in [1.82, 2.24) is 4.98 Å². The van der Waals surface area contributed by atoms with E-state index >= 15 is 0 Å². The lowest BCUT2D eigenvalue weighted by Crippen LogP contribution is -2.21. The Balaban J connectivity index is 1.96. The lowest BCUT2D eigenvalue weighted by Gasteiger charge is -2.20. The molecule has 2 aromatic rings. The summed E-state index contributed by atoms with van der Waals surface area (Å²) in [6.07, 6.45) is 4.77. The van der Waals surface area contributed by atoms with Gasteiger partial charge in [-0.3, -0.25) is 14.6 Å². The second kappa shape index (κ2) is 8.19. The molecule has 0 saturated heterocycles. The van der Waals surface area contributed by atoms with Gasteiger partial charge in [-0.2, -0.15) is 0 Å². The van der Waals surface area contributed by atoms with Crippen molar-refractivity contribution >= 4 is 29.2 Å². The average molecular weight is 387 g/mol. The third-order valence-electron chi connectivity index (χ3n) is 5.11. The summed E-state index contributed by atoms with van der Waals surface area (Å²) < 4.78 is 0. The Hall–Kier alpha value is -3.60. The molecule has 0 amide bonds. The molecule has 1 N–H and O–H groups in total. The van der Waals surface area contributed by atoms with Gasteiger partial charge in [0.2, 0.25) is 0 Å². The number of benzene rings is 1. The molecule has 1 aromatic heterocycles. The van der Waals surface area contributed by atoms with Crippen LogP contribution in [0.2, 0.25) is 0 Å². The van der Waals surface area contributed by atoms with Crippen LogP contribution in [0.5, 0.6) is 0 Å². The van der Waals surface area contributed by atoms with Crippen LogP contribution in [0, 0.1) is 0 Å². The van der Waals surface area contributed by atoms with Gasteiger partial charge in [-0.05, 0) is 56.0 Å². The molecule has 0 radical (unpaired) electrons. The summed E-state index contributed by atoms with van der Waals surface area (Å²) in [4.78, 5) is 40.5. The number of aromatic nitrogens is 1. The van der Waals surface area contributed by atoms with Gasteiger partial charge < -0.3 is 5.11 Å². The maximum Gasteiger partial charge on any atom is 0.328 e. The Morgan fingerprint density at radius 1 is 0.966 bits per heavy atom. The highest BCUT2D eigenvalue weighted by Crippen LogP contribution is 2.32. The first-order valence-electron chi connectivity index (χ1n) is 9.21. The lowest BCUT2D eigenvalue weighted by atomic mass is 9.83. The van der Waals surface area contributed by atoms with Crippen molar-refractivity contribution in [3.63, 3.8) is 0 Å². The van der Waals surface area contributed by atoms with Crippen molar-refractivity contribution < 1.29 is 19.5 Å². The highest BCUT2D eigenvalue weighted by Gasteiger charge is 2.30. The largest absolute Gasteiger partial charge is 0.478 e. The number of aliphatic carboxylic acids is 1. The summed E-state index contributed by atoms with van der Waals surface area (Å²) in [7, 11) is 0. The number of rotatable bonds is 5. The van der Waals surface area contributed by atoms with E-state index in [2.05, 4.69) is 4.98 Å². The summed E-state index contributed by atoms with van der Waals surface area (Å²) in [6, 6.07) is 11.2. The molecule has 0 aliphatic heterocycles. The van der Waals surface area contributed by atoms with Crippen molar-refractivity contribution in [2.75, 3.05) is 0 Å². The van der Waals surface area contributed by atoms with Crippen LogP contribution in [-0.2, 0) is 20.8 Å². The number of allylic oxidation sites excluding steroid dienone is 4. The number of ketones is 2. The molecule has 0 spiro atoms. The van der Waals surface area contributed by atoms with Crippen molar-refractivity contribution in [1.29, 1.82) is 0 Å². The number of Topliss-reactive ketones (excluding diaryl/α,β-unsaturated/α-hetero) is 2. The van der Waals surface area contributed by atoms with Gasteiger partial charge in [0.25, 0.3) is 0 Å². The summed E-state index contributed by atoms with van der Waals surface area (Å²) in [5, 5.41) is 8.72. The monoisotopic (exact) mass is 387 g/mol. The SMILES string of the molecule is CC1=C(C)C(=O)C(c2ncccc2Cc2ccc(C=CC(=O)O)cc2)=C(C)C1=O. The van der Waals surface area contributed by atoms with Crippen LogP contribution in [0.15, 0.2) is 65.4 Å². The molecule has 0 atom stereocenters. The van der Waals surface area contributed by atoms with Gasteiger partial charge in [0.1, 0.15) is 0 Å². The van der Waals surface area contributed by atoms with Crippen LogP contribution >= 0.6 is 0 Å². The van der Waals surface area contributed by atoms with E-state index in [1.165, 1.54) is 6.08 Å². The van der Waals surface area contributed by atoms with Crippen LogP contribution in [0.3, 0.4) is 0 Å². The smallest absolute Gasteiger partial charge is 0.328 e. The van der Waals surface area contributed by atoms with Crippen LogP contribution in [0.1, 0.15) is 43.2 Å². The van der Waals surface area contributed by atoms with E-state index in [4.69, 9.17) is 5.11 Å². The quantitative estimate of drug-likeness (QED) is 0.618. The van der Waals surface area contributed by atoms with E-state index in [1.807, 2.05) is 36.4 Å². The molecule has 0 unspecified atom stereocenters. The zero-order chi connectivity index (χ0) is 21.1. The van der Waals surface area contributed by atoms with Crippen LogP contribution in [0.25, 0.3) is 11.6 Å². The van der Waals surface area contributed by atoms with E-state index in [1.54, 1.807) is 27.0 Å². The van der Waals surface area contributed by atoms with Gasteiger partial charge in [0.15, 0.2) is 11.6 Å². The minimum atomic E-state index is -0.996. The predicted octanol–water partition coefficient (Wildman–Crippen LogP) is 4.03. The van der Waals surface area contributed by atoms with Crippen molar-refractivity contribution in [2.45, 2.75) is 27.2 Å². The van der Waals surface area contributed by atoms with Gasteiger partial charge >= 0.3 is 5.97 Å². The Morgan fingerprint density at radius 2 is 1.62 bits per heavy atom. The molecular weight excluding hydrogens is 366 g/mol. The minimum absolute atomic E-state index is 0.122. The molecule has 5 heteroatoms. The number of hydrogen-bond acceptors (Lipinski definition) is 4. The molecule has 1 aliphatic carbocycles.